The fourth-order valence-electron chi connectivity index (χ4n) is 1.37. The van der Waals surface area contributed by atoms with Gasteiger partial charge in [0.05, 0.1) is 17.9 Å². The van der Waals surface area contributed by atoms with Gasteiger partial charge in [-0.15, -0.1) is 16.7 Å². The molecule has 0 aromatic rings. The molecule has 1 fully saturated rings. The van der Waals surface area contributed by atoms with Crippen molar-refractivity contribution >= 4 is 33.3 Å². The number of rotatable bonds is 6. The van der Waals surface area contributed by atoms with E-state index in [9.17, 15) is 23.1 Å². The van der Waals surface area contributed by atoms with Gasteiger partial charge in [0.25, 0.3) is 5.91 Å². The summed E-state index contributed by atoms with van der Waals surface area (Å²) in [7, 11) is -3.39. The van der Waals surface area contributed by atoms with Gasteiger partial charge in [0.2, 0.25) is 0 Å². The van der Waals surface area contributed by atoms with Gasteiger partial charge < -0.3 is 9.94 Å². The van der Waals surface area contributed by atoms with Crippen LogP contribution < -0.4 is 0 Å². The number of alkyl halides is 1. The van der Waals surface area contributed by atoms with Crippen molar-refractivity contribution in [2.45, 2.75) is 25.5 Å². The van der Waals surface area contributed by atoms with Crippen LogP contribution in [0.4, 0.5) is 0 Å². The molecule has 1 aliphatic rings. The van der Waals surface area contributed by atoms with E-state index in [1.807, 2.05) is 0 Å². The van der Waals surface area contributed by atoms with Gasteiger partial charge in [0, 0.05) is 18.7 Å². The normalized spacial score (nSPS) is 20.2. The molecule has 1 heterocycles. The van der Waals surface area contributed by atoms with E-state index < -0.39 is 33.7 Å². The summed E-state index contributed by atoms with van der Waals surface area (Å²) in [6, 6.07) is 0. The van der Waals surface area contributed by atoms with Crippen molar-refractivity contribution in [3.8, 4) is 0 Å². The molecule has 1 aliphatic heterocycles. The van der Waals surface area contributed by atoms with Crippen LogP contribution in [0, 0.1) is 0 Å². The van der Waals surface area contributed by atoms with Crippen molar-refractivity contribution in [2.75, 3.05) is 17.4 Å². The van der Waals surface area contributed by atoms with E-state index in [1.54, 1.807) is 0 Å². The lowest BCUT2D eigenvalue weighted by Crippen LogP contribution is -2.35. The highest BCUT2D eigenvalue weighted by Crippen LogP contribution is 2.17. The number of nitrogens with zero attached hydrogens (tertiary/aromatic N) is 1. The molecule has 1 amide bonds. The summed E-state index contributed by atoms with van der Waals surface area (Å²) in [5.74, 6) is -2.02. The average Bonchev–Trinajstić information content (AvgIpc) is 2.58. The number of amides is 1. The predicted octanol–water partition coefficient (Wildman–Crippen LogP) is -0.571. The monoisotopic (exact) mass is 299 g/mol. The van der Waals surface area contributed by atoms with Crippen LogP contribution in [0.1, 0.15) is 19.3 Å². The number of hydrogen-bond donors (Lipinski definition) is 1. The van der Waals surface area contributed by atoms with Gasteiger partial charge in [-0.05, 0) is 0 Å². The van der Waals surface area contributed by atoms with Crippen molar-refractivity contribution in [1.82, 2.24) is 5.06 Å². The maximum absolute atomic E-state index is 11.3. The minimum absolute atomic E-state index is 0.0410. The van der Waals surface area contributed by atoms with Crippen LogP contribution in [0.15, 0.2) is 0 Å². The Morgan fingerprint density at radius 3 is 2.67 bits per heavy atom. The van der Waals surface area contributed by atoms with Crippen LogP contribution in [0.2, 0.25) is 0 Å². The highest BCUT2D eigenvalue weighted by atomic mass is 35.5. The third-order valence-electron chi connectivity index (χ3n) is 2.34. The smallest absolute Gasteiger partial charge is 0.333 e. The number of carbonyl (C=O) groups is 2. The molecular weight excluding hydrogens is 286 g/mol. The summed E-state index contributed by atoms with van der Waals surface area (Å²) in [6.07, 6.45) is -1.24. The molecule has 18 heavy (non-hydrogen) atoms. The number of aliphatic hydroxyl groups is 1. The standard InChI is InChI=1S/C9H14ClNO6S/c10-4-6-18(15,16)5-3-9(14)17-11-7(12)1-2-8(11)13/h7,12H,1-6H2. The first kappa shape index (κ1) is 15.2. The summed E-state index contributed by atoms with van der Waals surface area (Å²) >= 11 is 5.30. The summed E-state index contributed by atoms with van der Waals surface area (Å²) < 4.78 is 22.6. The molecule has 0 bridgehead atoms. The predicted molar refractivity (Wildman–Crippen MR) is 62.2 cm³/mol. The van der Waals surface area contributed by atoms with Crippen LogP contribution >= 0.6 is 11.6 Å². The van der Waals surface area contributed by atoms with Crippen molar-refractivity contribution in [2.24, 2.45) is 0 Å². The van der Waals surface area contributed by atoms with Crippen molar-refractivity contribution in [3.05, 3.63) is 0 Å². The van der Waals surface area contributed by atoms with E-state index in [1.165, 1.54) is 0 Å². The van der Waals surface area contributed by atoms with Gasteiger partial charge in [-0.2, -0.15) is 0 Å². The molecule has 1 atom stereocenters. The third kappa shape index (κ3) is 4.43. The van der Waals surface area contributed by atoms with Crippen LogP contribution in [0.25, 0.3) is 0 Å². The summed E-state index contributed by atoms with van der Waals surface area (Å²) in [6.45, 7) is 0. The van der Waals surface area contributed by atoms with Crippen LogP contribution in [0.5, 0.6) is 0 Å². The average molecular weight is 300 g/mol. The fraction of sp³-hybridized carbons (Fsp3) is 0.778. The number of hydroxylamine groups is 2. The highest BCUT2D eigenvalue weighted by molar-refractivity contribution is 7.91. The van der Waals surface area contributed by atoms with Gasteiger partial charge in [-0.3, -0.25) is 4.79 Å². The van der Waals surface area contributed by atoms with E-state index in [2.05, 4.69) is 4.84 Å². The van der Waals surface area contributed by atoms with Crippen LogP contribution in [-0.4, -0.2) is 54.1 Å². The van der Waals surface area contributed by atoms with Gasteiger partial charge >= 0.3 is 5.97 Å². The molecule has 0 aromatic heterocycles. The Balaban J connectivity index is 2.41. The first-order valence-electron chi connectivity index (χ1n) is 5.33. The zero-order chi connectivity index (χ0) is 13.8. The van der Waals surface area contributed by atoms with Gasteiger partial charge in [0.1, 0.15) is 0 Å². The number of carbonyl (C=O) groups excluding carboxylic acids is 2. The molecule has 7 nitrogen and oxygen atoms in total. The number of halogens is 1. The van der Waals surface area contributed by atoms with E-state index in [0.717, 1.165) is 0 Å². The Labute approximate surface area is 110 Å². The first-order valence-corrected chi connectivity index (χ1v) is 7.68. The zero-order valence-corrected chi connectivity index (χ0v) is 11.1. The quantitative estimate of drug-likeness (QED) is 0.659. The van der Waals surface area contributed by atoms with Crippen LogP contribution in [0.3, 0.4) is 0 Å². The van der Waals surface area contributed by atoms with Crippen molar-refractivity contribution in [3.63, 3.8) is 0 Å². The summed E-state index contributed by atoms with van der Waals surface area (Å²) in [5, 5.41) is 9.89. The summed E-state index contributed by atoms with van der Waals surface area (Å²) in [4.78, 5) is 27.1. The zero-order valence-electron chi connectivity index (χ0n) is 9.54. The number of aliphatic hydroxyl groups excluding tert-OH is 1. The number of hydrogen-bond acceptors (Lipinski definition) is 6. The molecule has 1 rings (SSSR count). The van der Waals surface area contributed by atoms with E-state index in [-0.39, 0.29) is 30.9 Å². The summed E-state index contributed by atoms with van der Waals surface area (Å²) in [5.41, 5.74) is 0. The Hall–Kier alpha value is -0.860. The second-order valence-corrected chi connectivity index (χ2v) is 6.47. The molecule has 1 N–H and O–H groups in total. The van der Waals surface area contributed by atoms with Crippen LogP contribution in [-0.2, 0) is 24.3 Å². The van der Waals surface area contributed by atoms with Crippen molar-refractivity contribution in [1.29, 1.82) is 0 Å². The molecule has 1 unspecified atom stereocenters. The lowest BCUT2D eigenvalue weighted by molar-refractivity contribution is -0.220. The third-order valence-corrected chi connectivity index (χ3v) is 4.40. The van der Waals surface area contributed by atoms with Gasteiger partial charge in [-0.25, -0.2) is 13.2 Å². The molecule has 9 heteroatoms. The lowest BCUT2D eigenvalue weighted by atomic mass is 10.4. The maximum Gasteiger partial charge on any atom is 0.333 e. The highest BCUT2D eigenvalue weighted by Gasteiger charge is 2.33. The Morgan fingerprint density at radius 2 is 2.17 bits per heavy atom. The van der Waals surface area contributed by atoms with E-state index >= 15 is 0 Å². The maximum atomic E-state index is 11.3. The largest absolute Gasteiger partial charge is 0.370 e. The topological polar surface area (TPSA) is 101 Å². The second kappa shape index (κ2) is 6.35. The Bertz CT molecular complexity index is 423. The minimum Gasteiger partial charge on any atom is -0.370 e. The minimum atomic E-state index is -3.39. The first-order chi connectivity index (χ1) is 8.35. The lowest BCUT2D eigenvalue weighted by Gasteiger charge is -2.18. The SMILES string of the molecule is O=C(CCS(=O)(=O)CCCl)ON1C(=O)CCC1O. The second-order valence-electron chi connectivity index (χ2n) is 3.79. The van der Waals surface area contributed by atoms with Gasteiger partial charge in [-0.1, -0.05) is 0 Å². The van der Waals surface area contributed by atoms with E-state index in [4.69, 9.17) is 11.6 Å². The molecule has 0 radical (unpaired) electrons. The Kier molecular flexibility index (Phi) is 5.36. The van der Waals surface area contributed by atoms with Gasteiger partial charge in [0.15, 0.2) is 16.1 Å². The number of sulfone groups is 1. The molecule has 104 valence electrons. The molecule has 0 aromatic carbocycles. The molecule has 1 saturated heterocycles. The molecule has 0 spiro atoms. The fourth-order valence-corrected chi connectivity index (χ4v) is 2.99. The van der Waals surface area contributed by atoms with E-state index in [0.29, 0.717) is 5.06 Å². The molecule has 0 aliphatic carbocycles. The Morgan fingerprint density at radius 1 is 1.50 bits per heavy atom. The molecule has 0 saturated carbocycles. The molecular formula is C9H14ClNO6S. The van der Waals surface area contributed by atoms with Crippen molar-refractivity contribution < 1.29 is 28.0 Å².